The number of nitrogens with zero attached hydrogens (tertiary/aromatic N) is 1. The van der Waals surface area contributed by atoms with Gasteiger partial charge in [0, 0.05) is 18.1 Å². The fraction of sp³-hybridized carbons (Fsp3) is 0.600. The summed E-state index contributed by atoms with van der Waals surface area (Å²) >= 11 is 5.82. The van der Waals surface area contributed by atoms with Crippen LogP contribution in [0.15, 0.2) is 24.3 Å². The topological polar surface area (TPSA) is 32.7 Å². The van der Waals surface area contributed by atoms with Crippen molar-refractivity contribution in [3.8, 4) is 0 Å². The van der Waals surface area contributed by atoms with Gasteiger partial charge in [-0.05, 0) is 45.0 Å². The summed E-state index contributed by atoms with van der Waals surface area (Å²) in [4.78, 5) is 2.17. The Morgan fingerprint density at radius 2 is 1.84 bits per heavy atom. The van der Waals surface area contributed by atoms with Gasteiger partial charge in [-0.3, -0.25) is 0 Å². The normalized spacial score (nSPS) is 13.2. The van der Waals surface area contributed by atoms with Crippen molar-refractivity contribution in [2.45, 2.75) is 32.5 Å². The Hall–Kier alpha value is -0.610. The van der Waals surface area contributed by atoms with Crippen molar-refractivity contribution < 1.29 is 9.84 Å². The summed E-state index contributed by atoms with van der Waals surface area (Å²) in [6, 6.07) is 7.35. The lowest BCUT2D eigenvalue weighted by Crippen LogP contribution is -2.26. The monoisotopic (exact) mass is 285 g/mol. The molecule has 19 heavy (non-hydrogen) atoms. The number of likely N-dealkylation sites (N-methyl/N-ethyl adjacent to an activating group) is 1. The molecule has 0 aliphatic heterocycles. The van der Waals surface area contributed by atoms with Gasteiger partial charge in [-0.15, -0.1) is 0 Å². The molecular weight excluding hydrogens is 262 g/mol. The fourth-order valence-electron chi connectivity index (χ4n) is 1.75. The third-order valence-electron chi connectivity index (χ3n) is 2.96. The van der Waals surface area contributed by atoms with Gasteiger partial charge >= 0.3 is 0 Å². The number of aliphatic hydroxyl groups excluding tert-OH is 1. The van der Waals surface area contributed by atoms with Gasteiger partial charge in [-0.1, -0.05) is 23.7 Å². The van der Waals surface area contributed by atoms with E-state index in [0.29, 0.717) is 11.4 Å². The van der Waals surface area contributed by atoms with E-state index in [1.807, 2.05) is 33.0 Å². The van der Waals surface area contributed by atoms with Crippen molar-refractivity contribution in [1.82, 2.24) is 4.90 Å². The molecule has 0 aliphatic carbocycles. The van der Waals surface area contributed by atoms with Crippen LogP contribution in [0.2, 0.25) is 5.02 Å². The second-order valence-corrected chi connectivity index (χ2v) is 5.52. The Morgan fingerprint density at radius 3 is 2.42 bits per heavy atom. The van der Waals surface area contributed by atoms with Gasteiger partial charge in [0.1, 0.15) is 0 Å². The summed E-state index contributed by atoms with van der Waals surface area (Å²) in [6.07, 6.45) is 0.540. The number of hydrogen-bond donors (Lipinski definition) is 1. The molecule has 1 N–H and O–H groups in total. The molecule has 3 nitrogen and oxygen atoms in total. The largest absolute Gasteiger partial charge is 0.388 e. The van der Waals surface area contributed by atoms with Gasteiger partial charge in [-0.25, -0.2) is 0 Å². The van der Waals surface area contributed by atoms with Gasteiger partial charge in [0.05, 0.1) is 18.8 Å². The number of ether oxygens (including phenoxy) is 1. The molecule has 0 fully saturated rings. The fourth-order valence-corrected chi connectivity index (χ4v) is 1.88. The molecule has 1 unspecified atom stereocenters. The van der Waals surface area contributed by atoms with Crippen molar-refractivity contribution in [3.63, 3.8) is 0 Å². The SMILES string of the molecule is CC(C)OCCN(C)CCC(O)c1ccc(Cl)cc1. The first-order chi connectivity index (χ1) is 8.99. The van der Waals surface area contributed by atoms with Crippen LogP contribution in [0.4, 0.5) is 0 Å². The first-order valence-electron chi connectivity index (χ1n) is 6.72. The lowest BCUT2D eigenvalue weighted by molar-refractivity contribution is 0.0601. The molecule has 0 aliphatic rings. The van der Waals surface area contributed by atoms with Crippen LogP contribution < -0.4 is 0 Å². The Labute approximate surface area is 121 Å². The highest BCUT2D eigenvalue weighted by atomic mass is 35.5. The molecule has 0 saturated carbocycles. The van der Waals surface area contributed by atoms with E-state index in [9.17, 15) is 5.11 Å². The van der Waals surface area contributed by atoms with Gasteiger partial charge in [0.25, 0.3) is 0 Å². The molecule has 0 radical (unpaired) electrons. The Kier molecular flexibility index (Phi) is 7.39. The van der Waals surface area contributed by atoms with Gasteiger partial charge in [-0.2, -0.15) is 0 Å². The van der Waals surface area contributed by atoms with E-state index in [4.69, 9.17) is 16.3 Å². The molecule has 1 aromatic carbocycles. The number of rotatable bonds is 8. The first kappa shape index (κ1) is 16.4. The third kappa shape index (κ3) is 6.92. The zero-order valence-corrected chi connectivity index (χ0v) is 12.7. The Bertz CT molecular complexity index is 354. The number of hydrogen-bond acceptors (Lipinski definition) is 3. The zero-order valence-electron chi connectivity index (χ0n) is 12.0. The maximum atomic E-state index is 10.1. The van der Waals surface area contributed by atoms with E-state index in [-0.39, 0.29) is 6.10 Å². The van der Waals surface area contributed by atoms with Crippen LogP contribution >= 0.6 is 11.6 Å². The van der Waals surface area contributed by atoms with Crippen LogP contribution in [0, 0.1) is 0 Å². The van der Waals surface area contributed by atoms with Crippen LogP contribution in [0.25, 0.3) is 0 Å². The maximum absolute atomic E-state index is 10.1. The summed E-state index contributed by atoms with van der Waals surface area (Å²) in [7, 11) is 2.04. The molecule has 0 saturated heterocycles. The summed E-state index contributed by atoms with van der Waals surface area (Å²) in [5, 5.41) is 10.8. The quantitative estimate of drug-likeness (QED) is 0.797. The molecule has 0 bridgehead atoms. The van der Waals surface area contributed by atoms with E-state index in [1.165, 1.54) is 0 Å². The van der Waals surface area contributed by atoms with Crippen molar-refractivity contribution >= 4 is 11.6 Å². The molecule has 108 valence electrons. The van der Waals surface area contributed by atoms with Crippen LogP contribution in [0.3, 0.4) is 0 Å². The molecule has 1 atom stereocenters. The molecule has 1 aromatic rings. The standard InChI is InChI=1S/C15H24ClNO2/c1-12(2)19-11-10-17(3)9-8-15(18)13-4-6-14(16)7-5-13/h4-7,12,15,18H,8-11H2,1-3H3. The molecule has 4 heteroatoms. The van der Waals surface area contributed by atoms with Crippen LogP contribution in [0.1, 0.15) is 31.9 Å². The molecule has 0 spiro atoms. The zero-order chi connectivity index (χ0) is 14.3. The first-order valence-corrected chi connectivity index (χ1v) is 7.10. The third-order valence-corrected chi connectivity index (χ3v) is 3.22. The molecule has 0 aromatic heterocycles. The van der Waals surface area contributed by atoms with E-state index in [2.05, 4.69) is 4.90 Å². The molecule has 1 rings (SSSR count). The van der Waals surface area contributed by atoms with E-state index in [1.54, 1.807) is 12.1 Å². The minimum Gasteiger partial charge on any atom is -0.388 e. The number of benzene rings is 1. The summed E-state index contributed by atoms with van der Waals surface area (Å²) < 4.78 is 5.50. The predicted octanol–water partition coefficient (Wildman–Crippen LogP) is 3.12. The maximum Gasteiger partial charge on any atom is 0.0802 e. The van der Waals surface area contributed by atoms with Gasteiger partial charge < -0.3 is 14.7 Å². The summed E-state index contributed by atoms with van der Waals surface area (Å²) in [6.45, 7) is 6.51. The molecule has 0 heterocycles. The van der Waals surface area contributed by atoms with Crippen molar-refractivity contribution in [3.05, 3.63) is 34.9 Å². The second kappa shape index (κ2) is 8.54. The Balaban J connectivity index is 2.25. The minimum absolute atomic E-state index is 0.271. The van der Waals surface area contributed by atoms with E-state index >= 15 is 0 Å². The highest BCUT2D eigenvalue weighted by Gasteiger charge is 2.09. The molecule has 0 amide bonds. The van der Waals surface area contributed by atoms with Gasteiger partial charge in [0.15, 0.2) is 0 Å². The van der Waals surface area contributed by atoms with E-state index in [0.717, 1.165) is 25.3 Å². The lowest BCUT2D eigenvalue weighted by atomic mass is 10.1. The number of aliphatic hydroxyl groups is 1. The second-order valence-electron chi connectivity index (χ2n) is 5.08. The van der Waals surface area contributed by atoms with Crippen molar-refractivity contribution in [2.75, 3.05) is 26.7 Å². The summed E-state index contributed by atoms with van der Waals surface area (Å²) in [5.74, 6) is 0. The van der Waals surface area contributed by atoms with E-state index < -0.39 is 6.10 Å². The molecular formula is C15H24ClNO2. The highest BCUT2D eigenvalue weighted by molar-refractivity contribution is 6.30. The smallest absolute Gasteiger partial charge is 0.0802 e. The lowest BCUT2D eigenvalue weighted by Gasteiger charge is -2.19. The van der Waals surface area contributed by atoms with Crippen LogP contribution in [-0.4, -0.2) is 42.9 Å². The van der Waals surface area contributed by atoms with Crippen LogP contribution in [-0.2, 0) is 4.74 Å². The average molecular weight is 286 g/mol. The van der Waals surface area contributed by atoms with Crippen molar-refractivity contribution in [1.29, 1.82) is 0 Å². The van der Waals surface area contributed by atoms with Gasteiger partial charge in [0.2, 0.25) is 0 Å². The summed E-state index contributed by atoms with van der Waals surface area (Å²) in [5.41, 5.74) is 0.913. The van der Waals surface area contributed by atoms with Crippen molar-refractivity contribution in [2.24, 2.45) is 0 Å². The minimum atomic E-state index is -0.439. The highest BCUT2D eigenvalue weighted by Crippen LogP contribution is 2.19. The predicted molar refractivity (Wildman–Crippen MR) is 79.6 cm³/mol. The average Bonchev–Trinajstić information content (AvgIpc) is 2.36. The Morgan fingerprint density at radius 1 is 1.21 bits per heavy atom. The number of halogens is 1. The van der Waals surface area contributed by atoms with Crippen LogP contribution in [0.5, 0.6) is 0 Å².